The van der Waals surface area contributed by atoms with Gasteiger partial charge in [-0.05, 0) is 18.6 Å². The predicted molar refractivity (Wildman–Crippen MR) is 88.8 cm³/mol. The summed E-state index contributed by atoms with van der Waals surface area (Å²) >= 11 is 0. The summed E-state index contributed by atoms with van der Waals surface area (Å²) in [5.41, 5.74) is 0.0211. The Morgan fingerprint density at radius 3 is 2.78 bits per heavy atom. The largest absolute Gasteiger partial charge is 0.422 e. The number of piperidine rings is 1. The molecule has 1 saturated heterocycles. The molecule has 3 rings (SSSR count). The molecule has 0 spiro atoms. The van der Waals surface area contributed by atoms with Gasteiger partial charge in [-0.25, -0.2) is 4.79 Å². The molecular formula is C18H23N2O3+. The van der Waals surface area contributed by atoms with Crippen molar-refractivity contribution in [2.45, 2.75) is 32.2 Å². The number of carbonyl (C=O) groups excluding carboxylic acids is 1. The van der Waals surface area contributed by atoms with E-state index < -0.39 is 5.63 Å². The van der Waals surface area contributed by atoms with Crippen LogP contribution in [0.5, 0.6) is 0 Å². The highest BCUT2D eigenvalue weighted by atomic mass is 16.4. The molecule has 0 atom stereocenters. The summed E-state index contributed by atoms with van der Waals surface area (Å²) in [6.45, 7) is 5.53. The minimum Gasteiger partial charge on any atom is -0.422 e. The van der Waals surface area contributed by atoms with Crippen LogP contribution in [0.2, 0.25) is 0 Å². The van der Waals surface area contributed by atoms with Crippen molar-refractivity contribution in [2.24, 2.45) is 0 Å². The molecule has 0 bridgehead atoms. The van der Waals surface area contributed by atoms with Gasteiger partial charge in [0.05, 0.1) is 19.6 Å². The molecule has 1 aromatic carbocycles. The summed E-state index contributed by atoms with van der Waals surface area (Å²) in [6, 6.07) is 8.99. The Hall–Kier alpha value is -2.14. The predicted octanol–water partition coefficient (Wildman–Crippen LogP) is 0.980. The van der Waals surface area contributed by atoms with E-state index in [4.69, 9.17) is 4.42 Å². The van der Waals surface area contributed by atoms with Crippen molar-refractivity contribution in [2.75, 3.05) is 19.6 Å². The number of quaternary nitrogens is 1. The van der Waals surface area contributed by atoms with Crippen LogP contribution in [0.1, 0.15) is 36.5 Å². The smallest absolute Gasteiger partial charge is 0.349 e. The van der Waals surface area contributed by atoms with Crippen LogP contribution in [0.25, 0.3) is 11.0 Å². The van der Waals surface area contributed by atoms with Crippen molar-refractivity contribution in [1.29, 1.82) is 0 Å². The summed E-state index contributed by atoms with van der Waals surface area (Å²) in [4.78, 5) is 26.0. The maximum Gasteiger partial charge on any atom is 0.349 e. The van der Waals surface area contributed by atoms with E-state index in [-0.39, 0.29) is 17.5 Å². The number of carbonyl (C=O) groups is 1. The fraction of sp³-hybridized carbons (Fsp3) is 0.444. The normalized spacial score (nSPS) is 21.3. The van der Waals surface area contributed by atoms with Gasteiger partial charge in [-0.2, -0.15) is 0 Å². The fourth-order valence-electron chi connectivity index (χ4n) is 3.26. The SMILES string of the molecule is CCC[NH+]1CCC(NC(=O)c2cc3ccccc3oc2=O)CC1. The van der Waals surface area contributed by atoms with Crippen molar-refractivity contribution in [1.82, 2.24) is 5.32 Å². The third-order valence-electron chi connectivity index (χ3n) is 4.52. The second-order valence-electron chi connectivity index (χ2n) is 6.23. The first-order valence-corrected chi connectivity index (χ1v) is 8.34. The van der Waals surface area contributed by atoms with E-state index in [9.17, 15) is 9.59 Å². The van der Waals surface area contributed by atoms with Crippen molar-refractivity contribution < 1.29 is 14.1 Å². The second kappa shape index (κ2) is 6.96. The molecule has 23 heavy (non-hydrogen) atoms. The highest BCUT2D eigenvalue weighted by Gasteiger charge is 2.24. The Morgan fingerprint density at radius 1 is 1.30 bits per heavy atom. The third kappa shape index (κ3) is 3.62. The van der Waals surface area contributed by atoms with Gasteiger partial charge >= 0.3 is 5.63 Å². The van der Waals surface area contributed by atoms with E-state index in [1.165, 1.54) is 13.0 Å². The van der Waals surface area contributed by atoms with Crippen LogP contribution in [0.4, 0.5) is 0 Å². The van der Waals surface area contributed by atoms with E-state index in [0.717, 1.165) is 31.3 Å². The molecule has 2 N–H and O–H groups in total. The standard InChI is InChI=1S/C18H22N2O3/c1-2-9-20-10-7-14(8-11-20)19-17(21)15-12-13-5-3-4-6-16(13)23-18(15)22/h3-6,12,14H,2,7-11H2,1H3,(H,19,21)/p+1. The van der Waals surface area contributed by atoms with Crippen LogP contribution in [0.15, 0.2) is 39.5 Å². The number of nitrogens with one attached hydrogen (secondary N) is 2. The molecule has 0 radical (unpaired) electrons. The molecule has 1 fully saturated rings. The van der Waals surface area contributed by atoms with Gasteiger partial charge in [-0.15, -0.1) is 0 Å². The highest BCUT2D eigenvalue weighted by molar-refractivity contribution is 5.96. The van der Waals surface area contributed by atoms with Gasteiger partial charge in [-0.3, -0.25) is 4.79 Å². The monoisotopic (exact) mass is 315 g/mol. The number of rotatable bonds is 4. The molecule has 1 aliphatic rings. The third-order valence-corrected chi connectivity index (χ3v) is 4.52. The lowest BCUT2D eigenvalue weighted by Gasteiger charge is -2.29. The minimum atomic E-state index is -0.574. The van der Waals surface area contributed by atoms with Crippen LogP contribution >= 0.6 is 0 Å². The van der Waals surface area contributed by atoms with Crippen molar-refractivity contribution in [3.8, 4) is 0 Å². The van der Waals surface area contributed by atoms with Crippen molar-refractivity contribution in [3.05, 3.63) is 46.3 Å². The zero-order valence-electron chi connectivity index (χ0n) is 13.4. The topological polar surface area (TPSA) is 63.8 Å². The summed E-state index contributed by atoms with van der Waals surface area (Å²) in [7, 11) is 0. The van der Waals surface area contributed by atoms with Crippen molar-refractivity contribution >= 4 is 16.9 Å². The lowest BCUT2D eigenvalue weighted by molar-refractivity contribution is -0.905. The molecule has 2 heterocycles. The number of fused-ring (bicyclic) bond motifs is 1. The lowest BCUT2D eigenvalue weighted by atomic mass is 10.0. The zero-order chi connectivity index (χ0) is 16.2. The molecular weight excluding hydrogens is 292 g/mol. The molecule has 122 valence electrons. The summed E-state index contributed by atoms with van der Waals surface area (Å²) in [5, 5.41) is 3.75. The van der Waals surface area contributed by atoms with E-state index in [1.807, 2.05) is 12.1 Å². The van der Waals surface area contributed by atoms with Gasteiger partial charge in [0.2, 0.25) is 0 Å². The molecule has 0 unspecified atom stereocenters. The minimum absolute atomic E-state index is 0.0898. The van der Waals surface area contributed by atoms with Crippen LogP contribution in [0.3, 0.4) is 0 Å². The molecule has 0 aliphatic carbocycles. The van der Waals surface area contributed by atoms with E-state index in [2.05, 4.69) is 12.2 Å². The highest BCUT2D eigenvalue weighted by Crippen LogP contribution is 2.13. The molecule has 1 aromatic heterocycles. The van der Waals surface area contributed by atoms with Crippen molar-refractivity contribution in [3.63, 3.8) is 0 Å². The Balaban J connectivity index is 1.69. The van der Waals surface area contributed by atoms with Gasteiger partial charge in [0, 0.05) is 24.3 Å². The molecule has 2 aromatic rings. The van der Waals surface area contributed by atoms with Gasteiger partial charge in [0.1, 0.15) is 11.1 Å². The number of hydrogen-bond donors (Lipinski definition) is 2. The average molecular weight is 315 g/mol. The van der Waals surface area contributed by atoms with Gasteiger partial charge in [-0.1, -0.05) is 25.1 Å². The van der Waals surface area contributed by atoms with Crippen LogP contribution in [0, 0.1) is 0 Å². The van der Waals surface area contributed by atoms with Gasteiger partial charge in [0.15, 0.2) is 0 Å². The summed E-state index contributed by atoms with van der Waals surface area (Å²) in [6.07, 6.45) is 3.10. The molecule has 1 amide bonds. The summed E-state index contributed by atoms with van der Waals surface area (Å²) in [5.74, 6) is -0.326. The number of para-hydroxylation sites is 1. The van der Waals surface area contributed by atoms with E-state index >= 15 is 0 Å². The molecule has 0 saturated carbocycles. The zero-order valence-corrected chi connectivity index (χ0v) is 13.4. The Labute approximate surface area is 135 Å². The van der Waals surface area contributed by atoms with Crippen LogP contribution in [-0.4, -0.2) is 31.6 Å². The first kappa shape index (κ1) is 15.7. The average Bonchev–Trinajstić information content (AvgIpc) is 2.56. The molecule has 5 heteroatoms. The van der Waals surface area contributed by atoms with E-state index in [1.54, 1.807) is 23.1 Å². The summed E-state index contributed by atoms with van der Waals surface area (Å²) < 4.78 is 5.23. The first-order valence-electron chi connectivity index (χ1n) is 8.34. The fourth-order valence-corrected chi connectivity index (χ4v) is 3.26. The van der Waals surface area contributed by atoms with Crippen LogP contribution in [-0.2, 0) is 0 Å². The molecule has 5 nitrogen and oxygen atoms in total. The Morgan fingerprint density at radius 2 is 2.04 bits per heavy atom. The molecule has 1 aliphatic heterocycles. The second-order valence-corrected chi connectivity index (χ2v) is 6.23. The quantitative estimate of drug-likeness (QED) is 0.827. The maximum absolute atomic E-state index is 12.4. The number of likely N-dealkylation sites (tertiary alicyclic amines) is 1. The first-order chi connectivity index (χ1) is 11.2. The number of benzene rings is 1. The van der Waals surface area contributed by atoms with Gasteiger partial charge in [0.25, 0.3) is 5.91 Å². The Kier molecular flexibility index (Phi) is 4.76. The van der Waals surface area contributed by atoms with Gasteiger partial charge < -0.3 is 14.6 Å². The number of hydrogen-bond acceptors (Lipinski definition) is 3. The number of amides is 1. The maximum atomic E-state index is 12.4. The Bertz CT molecular complexity index is 745. The van der Waals surface area contributed by atoms with E-state index in [0.29, 0.717) is 5.58 Å². The lowest BCUT2D eigenvalue weighted by Crippen LogP contribution is -3.13. The van der Waals surface area contributed by atoms with Crippen LogP contribution < -0.4 is 15.8 Å².